The van der Waals surface area contributed by atoms with Gasteiger partial charge in [-0.2, -0.15) is 0 Å². The molecular formula is C11H12F3NO4S. The third-order valence-corrected chi connectivity index (χ3v) is 4.02. The molecule has 0 aliphatic heterocycles. The number of carboxylic acid groups (broad SMARTS) is 1. The van der Waals surface area contributed by atoms with Crippen LogP contribution in [0, 0.1) is 17.5 Å². The van der Waals surface area contributed by atoms with Gasteiger partial charge in [0, 0.05) is 24.6 Å². The maximum Gasteiger partial charge on any atom is 0.303 e. The van der Waals surface area contributed by atoms with Crippen LogP contribution < -0.4 is 4.72 Å². The highest BCUT2D eigenvalue weighted by molar-refractivity contribution is 7.89. The second-order valence-electron chi connectivity index (χ2n) is 4.15. The smallest absolute Gasteiger partial charge is 0.303 e. The average Bonchev–Trinajstić information content (AvgIpc) is 2.23. The highest BCUT2D eigenvalue weighted by atomic mass is 32.2. The summed E-state index contributed by atoms with van der Waals surface area (Å²) in [5.41, 5.74) is 0. The quantitative estimate of drug-likeness (QED) is 0.836. The molecule has 5 nitrogen and oxygen atoms in total. The van der Waals surface area contributed by atoms with Crippen LogP contribution in [-0.2, 0) is 14.8 Å². The van der Waals surface area contributed by atoms with E-state index in [4.69, 9.17) is 5.11 Å². The normalized spacial score (nSPS) is 13.2. The SMILES string of the molecule is CC(CCC(=O)O)NS(=O)(=O)c1c(F)cc(F)cc1F. The fraction of sp³-hybridized carbons (Fsp3) is 0.364. The van der Waals surface area contributed by atoms with E-state index in [2.05, 4.69) is 0 Å². The molecule has 9 heteroatoms. The van der Waals surface area contributed by atoms with Gasteiger partial charge >= 0.3 is 5.97 Å². The number of hydrogen-bond acceptors (Lipinski definition) is 3. The number of nitrogens with one attached hydrogen (secondary N) is 1. The number of halogens is 3. The first kappa shape index (κ1) is 16.4. The highest BCUT2D eigenvalue weighted by Gasteiger charge is 2.26. The van der Waals surface area contributed by atoms with Gasteiger partial charge in [-0.05, 0) is 13.3 Å². The van der Waals surface area contributed by atoms with E-state index in [0.29, 0.717) is 0 Å². The molecule has 20 heavy (non-hydrogen) atoms. The average molecular weight is 311 g/mol. The number of rotatable bonds is 6. The van der Waals surface area contributed by atoms with Crippen LogP contribution in [0.1, 0.15) is 19.8 Å². The molecule has 2 N–H and O–H groups in total. The Hall–Kier alpha value is -1.61. The van der Waals surface area contributed by atoms with Crippen molar-refractivity contribution in [3.8, 4) is 0 Å². The zero-order valence-electron chi connectivity index (χ0n) is 10.4. The van der Waals surface area contributed by atoms with Gasteiger partial charge in [0.15, 0.2) is 4.90 Å². The molecule has 0 saturated heterocycles. The minimum atomic E-state index is -4.55. The van der Waals surface area contributed by atoms with Gasteiger partial charge in [-0.3, -0.25) is 4.79 Å². The van der Waals surface area contributed by atoms with E-state index >= 15 is 0 Å². The molecule has 1 aromatic carbocycles. The van der Waals surface area contributed by atoms with Crippen molar-refractivity contribution in [3.05, 3.63) is 29.6 Å². The lowest BCUT2D eigenvalue weighted by atomic mass is 10.2. The number of hydrogen-bond donors (Lipinski definition) is 2. The summed E-state index contributed by atoms with van der Waals surface area (Å²) in [6.07, 6.45) is -0.364. The Kier molecular flexibility index (Phi) is 5.12. The van der Waals surface area contributed by atoms with Crippen LogP contribution in [0.3, 0.4) is 0 Å². The van der Waals surface area contributed by atoms with E-state index in [0.717, 1.165) is 0 Å². The molecule has 1 atom stereocenters. The van der Waals surface area contributed by atoms with E-state index in [1.165, 1.54) is 6.92 Å². The van der Waals surface area contributed by atoms with Gasteiger partial charge in [0.25, 0.3) is 0 Å². The summed E-state index contributed by atoms with van der Waals surface area (Å²) >= 11 is 0. The third-order valence-electron chi connectivity index (χ3n) is 2.38. The predicted molar refractivity (Wildman–Crippen MR) is 63.0 cm³/mol. The Morgan fingerprint density at radius 3 is 2.25 bits per heavy atom. The van der Waals surface area contributed by atoms with Crippen molar-refractivity contribution in [2.45, 2.75) is 30.7 Å². The molecule has 0 spiro atoms. The summed E-state index contributed by atoms with van der Waals surface area (Å²) in [7, 11) is -4.55. The number of carbonyl (C=O) groups is 1. The Bertz CT molecular complexity index is 595. The van der Waals surface area contributed by atoms with Crippen LogP contribution in [0.15, 0.2) is 17.0 Å². The summed E-state index contributed by atoms with van der Waals surface area (Å²) in [6.45, 7) is 1.35. The summed E-state index contributed by atoms with van der Waals surface area (Å²) in [5, 5.41) is 8.46. The molecule has 112 valence electrons. The zero-order chi connectivity index (χ0) is 15.5. The van der Waals surface area contributed by atoms with Crippen molar-refractivity contribution < 1.29 is 31.5 Å². The predicted octanol–water partition coefficient (Wildman–Crippen LogP) is 1.64. The minimum absolute atomic E-state index is 0.0566. The van der Waals surface area contributed by atoms with Gasteiger partial charge in [0.2, 0.25) is 10.0 Å². The molecule has 1 rings (SSSR count). The monoisotopic (exact) mass is 311 g/mol. The first-order valence-corrected chi connectivity index (χ1v) is 7.00. The van der Waals surface area contributed by atoms with Gasteiger partial charge in [-0.15, -0.1) is 0 Å². The zero-order valence-corrected chi connectivity index (χ0v) is 11.2. The van der Waals surface area contributed by atoms with E-state index in [1.54, 1.807) is 0 Å². The molecule has 0 amide bonds. The summed E-state index contributed by atoms with van der Waals surface area (Å²) < 4.78 is 65.0. The maximum absolute atomic E-state index is 13.4. The van der Waals surface area contributed by atoms with Crippen LogP contribution in [0.25, 0.3) is 0 Å². The van der Waals surface area contributed by atoms with Crippen molar-refractivity contribution in [2.24, 2.45) is 0 Å². The van der Waals surface area contributed by atoms with Gasteiger partial charge in [0.05, 0.1) is 0 Å². The first-order chi connectivity index (χ1) is 9.13. The standard InChI is InChI=1S/C11H12F3NO4S/c1-6(2-3-10(16)17)15-20(18,19)11-8(13)4-7(12)5-9(11)14/h4-6,15H,2-3H2,1H3,(H,16,17). The van der Waals surface area contributed by atoms with Gasteiger partial charge in [-0.25, -0.2) is 26.3 Å². The first-order valence-electron chi connectivity index (χ1n) is 5.52. The van der Waals surface area contributed by atoms with Crippen LogP contribution in [0.5, 0.6) is 0 Å². The molecule has 1 unspecified atom stereocenters. The molecule has 0 aromatic heterocycles. The Morgan fingerprint density at radius 1 is 1.30 bits per heavy atom. The van der Waals surface area contributed by atoms with E-state index in [1.807, 2.05) is 4.72 Å². The molecule has 0 bridgehead atoms. The van der Waals surface area contributed by atoms with Crippen molar-refractivity contribution >= 4 is 16.0 Å². The Labute approximate surface area is 113 Å². The van der Waals surface area contributed by atoms with Gasteiger partial charge in [-0.1, -0.05) is 0 Å². The van der Waals surface area contributed by atoms with E-state index < -0.39 is 44.4 Å². The fourth-order valence-electron chi connectivity index (χ4n) is 1.51. The second kappa shape index (κ2) is 6.23. The molecule has 0 aliphatic rings. The highest BCUT2D eigenvalue weighted by Crippen LogP contribution is 2.20. The van der Waals surface area contributed by atoms with Crippen molar-refractivity contribution in [2.75, 3.05) is 0 Å². The fourth-order valence-corrected chi connectivity index (χ4v) is 2.91. The largest absolute Gasteiger partial charge is 0.481 e. The number of aliphatic carboxylic acids is 1. The summed E-state index contributed by atoms with van der Waals surface area (Å²) in [4.78, 5) is 9.06. The number of sulfonamides is 1. The molecule has 0 saturated carbocycles. The van der Waals surface area contributed by atoms with E-state index in [9.17, 15) is 26.4 Å². The van der Waals surface area contributed by atoms with Crippen LogP contribution >= 0.6 is 0 Å². The molecule has 0 radical (unpaired) electrons. The number of carboxylic acids is 1. The van der Waals surface area contributed by atoms with Gasteiger partial charge < -0.3 is 5.11 Å². The summed E-state index contributed by atoms with van der Waals surface area (Å²) in [6, 6.07) is -0.348. The van der Waals surface area contributed by atoms with E-state index in [-0.39, 0.29) is 25.0 Å². The second-order valence-corrected chi connectivity index (χ2v) is 5.80. The molecular weight excluding hydrogens is 299 g/mol. The molecule has 0 heterocycles. The molecule has 0 aliphatic carbocycles. The van der Waals surface area contributed by atoms with Crippen molar-refractivity contribution in [1.82, 2.24) is 4.72 Å². The van der Waals surface area contributed by atoms with Crippen molar-refractivity contribution in [1.29, 1.82) is 0 Å². The minimum Gasteiger partial charge on any atom is -0.481 e. The molecule has 0 fully saturated rings. The van der Waals surface area contributed by atoms with Crippen LogP contribution in [0.4, 0.5) is 13.2 Å². The summed E-state index contributed by atoms with van der Waals surface area (Å²) in [5.74, 6) is -5.48. The lowest BCUT2D eigenvalue weighted by Crippen LogP contribution is -2.34. The lowest BCUT2D eigenvalue weighted by molar-refractivity contribution is -0.137. The van der Waals surface area contributed by atoms with Gasteiger partial charge in [0.1, 0.15) is 17.5 Å². The van der Waals surface area contributed by atoms with Crippen LogP contribution in [0.2, 0.25) is 0 Å². The molecule has 1 aromatic rings. The number of benzene rings is 1. The van der Waals surface area contributed by atoms with Crippen LogP contribution in [-0.4, -0.2) is 25.5 Å². The topological polar surface area (TPSA) is 83.5 Å². The third kappa shape index (κ3) is 4.20. The lowest BCUT2D eigenvalue weighted by Gasteiger charge is -2.14. The Balaban J connectivity index is 2.97. The van der Waals surface area contributed by atoms with Crippen molar-refractivity contribution in [3.63, 3.8) is 0 Å². The maximum atomic E-state index is 13.4. The Morgan fingerprint density at radius 2 is 1.80 bits per heavy atom.